The van der Waals surface area contributed by atoms with Crippen molar-refractivity contribution < 1.29 is 9.72 Å². The highest BCUT2D eigenvalue weighted by Gasteiger charge is 2.15. The number of rotatable bonds is 6. The van der Waals surface area contributed by atoms with E-state index in [9.17, 15) is 14.9 Å². The normalized spacial score (nSPS) is 10.8. The van der Waals surface area contributed by atoms with Crippen LogP contribution in [-0.4, -0.2) is 17.0 Å². The number of hydrogen-bond acceptors (Lipinski definition) is 5. The lowest BCUT2D eigenvalue weighted by Gasteiger charge is -2.05. The molecule has 0 radical (unpaired) electrons. The fraction of sp³-hybridized carbons (Fsp3) is 0.0909. The molecule has 0 saturated heterocycles. The Kier molecular flexibility index (Phi) is 6.41. The molecule has 1 N–H and O–H groups in total. The molecule has 3 rings (SSSR count). The molecule has 0 aliphatic rings. The van der Waals surface area contributed by atoms with E-state index in [-0.39, 0.29) is 11.6 Å². The van der Waals surface area contributed by atoms with Crippen LogP contribution in [0, 0.1) is 24.0 Å². The lowest BCUT2D eigenvalue weighted by molar-refractivity contribution is -0.387. The minimum atomic E-state index is -0.417. The van der Waals surface area contributed by atoms with Gasteiger partial charge in [0.1, 0.15) is 0 Å². The van der Waals surface area contributed by atoms with Crippen molar-refractivity contribution in [3.05, 3.63) is 99.1 Å². The number of hydrogen-bond donors (Lipinski definition) is 1. The predicted octanol–water partition coefficient (Wildman–Crippen LogP) is 5.13. The summed E-state index contributed by atoms with van der Waals surface area (Å²) >= 11 is 1.33. The Morgan fingerprint density at radius 3 is 2.48 bits per heavy atom. The van der Waals surface area contributed by atoms with Gasteiger partial charge in [-0.25, -0.2) is 5.43 Å². The molecule has 7 heteroatoms. The molecule has 0 aliphatic carbocycles. The fourth-order valence-electron chi connectivity index (χ4n) is 2.59. The summed E-state index contributed by atoms with van der Waals surface area (Å²) in [4.78, 5) is 24.6. The summed E-state index contributed by atoms with van der Waals surface area (Å²) in [5, 5.41) is 15.4. The molecular weight excluding hydrogens is 386 g/mol. The van der Waals surface area contributed by atoms with Gasteiger partial charge in [-0.05, 0) is 44.2 Å². The van der Waals surface area contributed by atoms with Gasteiger partial charge >= 0.3 is 0 Å². The van der Waals surface area contributed by atoms with Crippen molar-refractivity contribution >= 4 is 29.6 Å². The molecule has 6 nitrogen and oxygen atoms in total. The first-order valence-electron chi connectivity index (χ1n) is 8.85. The molecule has 1 amide bonds. The Morgan fingerprint density at radius 1 is 1.03 bits per heavy atom. The number of nitrogens with zero attached hydrogens (tertiary/aromatic N) is 2. The summed E-state index contributed by atoms with van der Waals surface area (Å²) in [5.74, 6) is -0.342. The van der Waals surface area contributed by atoms with Gasteiger partial charge in [0.25, 0.3) is 11.6 Å². The van der Waals surface area contributed by atoms with Crippen molar-refractivity contribution in [1.29, 1.82) is 0 Å². The zero-order valence-electron chi connectivity index (χ0n) is 16.0. The molecule has 146 valence electrons. The largest absolute Gasteiger partial charge is 0.283 e. The van der Waals surface area contributed by atoms with Crippen LogP contribution in [0.2, 0.25) is 0 Å². The van der Waals surface area contributed by atoms with E-state index in [4.69, 9.17) is 0 Å². The predicted molar refractivity (Wildman–Crippen MR) is 115 cm³/mol. The van der Waals surface area contributed by atoms with E-state index in [2.05, 4.69) is 10.5 Å². The molecule has 0 aliphatic heterocycles. The van der Waals surface area contributed by atoms with Crippen LogP contribution in [0.3, 0.4) is 0 Å². The Hall–Kier alpha value is -3.45. The molecule has 0 spiro atoms. The number of aryl methyl sites for hydroxylation is 2. The zero-order valence-corrected chi connectivity index (χ0v) is 16.8. The van der Waals surface area contributed by atoms with Gasteiger partial charge in [0.2, 0.25) is 0 Å². The van der Waals surface area contributed by atoms with Crippen molar-refractivity contribution in [2.45, 2.75) is 23.6 Å². The van der Waals surface area contributed by atoms with Crippen molar-refractivity contribution in [1.82, 2.24) is 5.43 Å². The molecule has 3 aromatic carbocycles. The van der Waals surface area contributed by atoms with Gasteiger partial charge < -0.3 is 0 Å². The number of nitro groups is 1. The molecule has 0 aromatic heterocycles. The Bertz CT molecular complexity index is 1080. The number of nitro benzene ring substituents is 1. The number of amides is 1. The number of benzene rings is 3. The van der Waals surface area contributed by atoms with Crippen LogP contribution in [0.4, 0.5) is 5.69 Å². The maximum atomic E-state index is 12.1. The van der Waals surface area contributed by atoms with E-state index in [1.807, 2.05) is 44.2 Å². The molecule has 0 fully saturated rings. The van der Waals surface area contributed by atoms with Gasteiger partial charge in [0.05, 0.1) is 16.0 Å². The second-order valence-corrected chi connectivity index (χ2v) is 7.58. The van der Waals surface area contributed by atoms with Crippen LogP contribution < -0.4 is 5.43 Å². The molecule has 0 bridgehead atoms. The van der Waals surface area contributed by atoms with Gasteiger partial charge in [-0.2, -0.15) is 5.10 Å². The zero-order chi connectivity index (χ0) is 20.8. The Labute approximate surface area is 172 Å². The van der Waals surface area contributed by atoms with Crippen LogP contribution in [0.5, 0.6) is 0 Å². The topological polar surface area (TPSA) is 84.6 Å². The summed E-state index contributed by atoms with van der Waals surface area (Å²) < 4.78 is 0. The molecule has 0 saturated carbocycles. The van der Waals surface area contributed by atoms with E-state index in [0.717, 1.165) is 16.0 Å². The molecule has 0 unspecified atom stereocenters. The van der Waals surface area contributed by atoms with Crippen LogP contribution in [-0.2, 0) is 0 Å². The highest BCUT2D eigenvalue weighted by Crippen LogP contribution is 2.35. The van der Waals surface area contributed by atoms with Crippen molar-refractivity contribution in [2.24, 2.45) is 5.10 Å². The highest BCUT2D eigenvalue weighted by molar-refractivity contribution is 7.99. The van der Waals surface area contributed by atoms with E-state index < -0.39 is 4.92 Å². The average molecular weight is 405 g/mol. The smallest absolute Gasteiger partial charge is 0.267 e. The van der Waals surface area contributed by atoms with Crippen LogP contribution >= 0.6 is 11.8 Å². The lowest BCUT2D eigenvalue weighted by atomic mass is 10.1. The number of nitrogens with one attached hydrogen (secondary N) is 1. The number of carbonyl (C=O) groups excluding carboxylic acids is 1. The van der Waals surface area contributed by atoms with Crippen molar-refractivity contribution in [2.75, 3.05) is 0 Å². The maximum absolute atomic E-state index is 12.1. The van der Waals surface area contributed by atoms with E-state index in [0.29, 0.717) is 16.0 Å². The summed E-state index contributed by atoms with van der Waals surface area (Å²) in [6.07, 6.45) is 1.39. The second-order valence-electron chi connectivity index (χ2n) is 6.47. The molecule has 0 atom stereocenters. The van der Waals surface area contributed by atoms with Crippen LogP contribution in [0.15, 0.2) is 81.6 Å². The minimum absolute atomic E-state index is 0.00969. The van der Waals surface area contributed by atoms with E-state index >= 15 is 0 Å². The Balaban J connectivity index is 1.74. The Morgan fingerprint density at radius 2 is 1.79 bits per heavy atom. The van der Waals surface area contributed by atoms with E-state index in [1.54, 1.807) is 30.3 Å². The quantitative estimate of drug-likeness (QED) is 0.350. The van der Waals surface area contributed by atoms with Gasteiger partial charge in [-0.15, -0.1) is 0 Å². The minimum Gasteiger partial charge on any atom is -0.267 e. The third-order valence-corrected chi connectivity index (χ3v) is 5.16. The van der Waals surface area contributed by atoms with E-state index in [1.165, 1.54) is 24.0 Å². The third kappa shape index (κ3) is 5.52. The van der Waals surface area contributed by atoms with Crippen molar-refractivity contribution in [3.63, 3.8) is 0 Å². The molecule has 29 heavy (non-hydrogen) atoms. The monoisotopic (exact) mass is 405 g/mol. The van der Waals surface area contributed by atoms with Crippen LogP contribution in [0.25, 0.3) is 0 Å². The first kappa shape index (κ1) is 20.3. The molecule has 3 aromatic rings. The standard InChI is InChI=1S/C22H19N3O3S/c1-15-6-9-19(10-7-15)29-21-11-8-17(13-20(21)25(27)28)14-23-24-22(26)18-5-3-4-16(2)12-18/h3-14H,1-2H3,(H,24,26). The fourth-order valence-corrected chi connectivity index (χ4v) is 3.49. The summed E-state index contributed by atoms with van der Waals surface area (Å²) in [6, 6.07) is 19.8. The third-order valence-electron chi connectivity index (χ3n) is 4.09. The van der Waals surface area contributed by atoms with Crippen LogP contribution in [0.1, 0.15) is 27.0 Å². The maximum Gasteiger partial charge on any atom is 0.283 e. The summed E-state index contributed by atoms with van der Waals surface area (Å²) in [6.45, 7) is 3.89. The van der Waals surface area contributed by atoms with Gasteiger partial charge in [0.15, 0.2) is 0 Å². The number of carbonyl (C=O) groups is 1. The van der Waals surface area contributed by atoms with Gasteiger partial charge in [-0.1, -0.05) is 53.2 Å². The first-order chi connectivity index (χ1) is 13.9. The first-order valence-corrected chi connectivity index (χ1v) is 9.67. The molecule has 0 heterocycles. The SMILES string of the molecule is Cc1ccc(Sc2ccc(C=NNC(=O)c3cccc(C)c3)cc2[N+](=O)[O-])cc1. The van der Waals surface area contributed by atoms with Gasteiger partial charge in [-0.3, -0.25) is 14.9 Å². The summed E-state index contributed by atoms with van der Waals surface area (Å²) in [7, 11) is 0. The second kappa shape index (κ2) is 9.16. The van der Waals surface area contributed by atoms with Gasteiger partial charge in [0, 0.05) is 22.1 Å². The highest BCUT2D eigenvalue weighted by atomic mass is 32.2. The summed E-state index contributed by atoms with van der Waals surface area (Å²) in [5.41, 5.74) is 5.55. The number of hydrazone groups is 1. The lowest BCUT2D eigenvalue weighted by Crippen LogP contribution is -2.17. The average Bonchev–Trinajstić information content (AvgIpc) is 2.70. The molecular formula is C22H19N3O3S. The van der Waals surface area contributed by atoms with Crippen molar-refractivity contribution in [3.8, 4) is 0 Å².